The van der Waals surface area contributed by atoms with E-state index in [1.54, 1.807) is 12.1 Å². The van der Waals surface area contributed by atoms with Gasteiger partial charge in [0.2, 0.25) is 0 Å². The molecule has 0 saturated heterocycles. The van der Waals surface area contributed by atoms with Gasteiger partial charge in [-0.3, -0.25) is 0 Å². The number of terminal acetylenes is 1. The number of nitrogens with zero attached hydrogens (tertiary/aromatic N) is 1. The maximum absolute atomic E-state index is 10.8. The molecular formula is C19H21NO2. The number of benzene rings is 2. The molecule has 0 spiro atoms. The number of rotatable bonds is 6. The highest BCUT2D eigenvalue weighted by atomic mass is 16.5. The van der Waals surface area contributed by atoms with E-state index in [2.05, 4.69) is 10.8 Å². The van der Waals surface area contributed by atoms with Crippen molar-refractivity contribution in [2.75, 3.05) is 27.2 Å². The van der Waals surface area contributed by atoms with Crippen LogP contribution in [0, 0.1) is 12.3 Å². The van der Waals surface area contributed by atoms with Gasteiger partial charge in [0.15, 0.2) is 5.60 Å². The summed E-state index contributed by atoms with van der Waals surface area (Å²) in [5.74, 6) is 3.26. The van der Waals surface area contributed by atoms with Crippen molar-refractivity contribution in [3.05, 3.63) is 65.7 Å². The highest BCUT2D eigenvalue weighted by Crippen LogP contribution is 2.30. The molecule has 3 heteroatoms. The Morgan fingerprint density at radius 2 is 1.64 bits per heavy atom. The maximum atomic E-state index is 10.8. The minimum atomic E-state index is -1.43. The van der Waals surface area contributed by atoms with Gasteiger partial charge in [0, 0.05) is 17.7 Å². The van der Waals surface area contributed by atoms with Gasteiger partial charge in [0.25, 0.3) is 0 Å². The van der Waals surface area contributed by atoms with Crippen molar-refractivity contribution in [2.45, 2.75) is 5.60 Å². The third kappa shape index (κ3) is 3.67. The fraction of sp³-hybridized carbons (Fsp3) is 0.263. The lowest BCUT2D eigenvalue weighted by Crippen LogP contribution is -2.25. The fourth-order valence-corrected chi connectivity index (χ4v) is 2.15. The van der Waals surface area contributed by atoms with E-state index in [4.69, 9.17) is 11.2 Å². The van der Waals surface area contributed by atoms with Crippen LogP contribution in [0.25, 0.3) is 0 Å². The Morgan fingerprint density at radius 1 is 1.05 bits per heavy atom. The summed E-state index contributed by atoms with van der Waals surface area (Å²) in [4.78, 5) is 2.06. The van der Waals surface area contributed by atoms with Gasteiger partial charge < -0.3 is 14.7 Å². The summed E-state index contributed by atoms with van der Waals surface area (Å²) >= 11 is 0. The third-order valence-corrected chi connectivity index (χ3v) is 3.48. The molecule has 0 aromatic heterocycles. The summed E-state index contributed by atoms with van der Waals surface area (Å²) < 4.78 is 5.65. The lowest BCUT2D eigenvalue weighted by atomic mass is 9.87. The monoisotopic (exact) mass is 295 g/mol. The van der Waals surface area contributed by atoms with E-state index in [-0.39, 0.29) is 0 Å². The molecule has 2 rings (SSSR count). The Balaban J connectivity index is 2.16. The van der Waals surface area contributed by atoms with E-state index in [1.165, 1.54) is 0 Å². The van der Waals surface area contributed by atoms with Gasteiger partial charge >= 0.3 is 0 Å². The van der Waals surface area contributed by atoms with Crippen LogP contribution < -0.4 is 4.74 Å². The van der Waals surface area contributed by atoms with E-state index < -0.39 is 5.60 Å². The summed E-state index contributed by atoms with van der Waals surface area (Å²) in [7, 11) is 4.00. The molecule has 2 aromatic rings. The molecule has 0 radical (unpaired) electrons. The number of likely N-dealkylation sites (N-methyl/N-ethyl adjacent to an activating group) is 1. The Hall–Kier alpha value is -2.28. The van der Waals surface area contributed by atoms with Crippen LogP contribution in [0.15, 0.2) is 54.6 Å². The quantitative estimate of drug-likeness (QED) is 0.831. The van der Waals surface area contributed by atoms with Gasteiger partial charge in [0.05, 0.1) is 0 Å². The van der Waals surface area contributed by atoms with Gasteiger partial charge in [-0.05, 0) is 26.2 Å². The summed E-state index contributed by atoms with van der Waals surface area (Å²) in [5, 5.41) is 10.8. The SMILES string of the molecule is C#CC(O)(c1ccccc1)c1ccc(OCCN(C)C)cc1. The second-order valence-electron chi connectivity index (χ2n) is 5.40. The minimum absolute atomic E-state index is 0.616. The summed E-state index contributed by atoms with van der Waals surface area (Å²) in [5.41, 5.74) is -0.0939. The molecule has 0 saturated carbocycles. The lowest BCUT2D eigenvalue weighted by molar-refractivity contribution is 0.145. The van der Waals surface area contributed by atoms with Crippen molar-refractivity contribution >= 4 is 0 Å². The molecule has 0 fully saturated rings. The molecule has 0 aliphatic heterocycles. The van der Waals surface area contributed by atoms with Crippen LogP contribution in [0.2, 0.25) is 0 Å². The standard InChI is InChI=1S/C19H21NO2/c1-4-19(21,16-8-6-5-7-9-16)17-10-12-18(13-11-17)22-15-14-20(2)3/h1,5-13,21H,14-15H2,2-3H3. The van der Waals surface area contributed by atoms with Gasteiger partial charge in [-0.15, -0.1) is 6.42 Å². The van der Waals surface area contributed by atoms with E-state index in [0.29, 0.717) is 17.7 Å². The predicted octanol–water partition coefficient (Wildman–Crippen LogP) is 2.50. The van der Waals surface area contributed by atoms with Gasteiger partial charge in [-0.1, -0.05) is 48.4 Å². The van der Waals surface area contributed by atoms with Crippen molar-refractivity contribution in [3.63, 3.8) is 0 Å². The van der Waals surface area contributed by atoms with E-state index in [0.717, 1.165) is 12.3 Å². The van der Waals surface area contributed by atoms with E-state index in [1.807, 2.05) is 56.6 Å². The van der Waals surface area contributed by atoms with Crippen molar-refractivity contribution in [1.29, 1.82) is 0 Å². The second-order valence-corrected chi connectivity index (χ2v) is 5.40. The smallest absolute Gasteiger partial charge is 0.176 e. The zero-order valence-corrected chi connectivity index (χ0v) is 13.0. The van der Waals surface area contributed by atoms with E-state index in [9.17, 15) is 5.11 Å². The Labute approximate surface area is 132 Å². The molecule has 2 aromatic carbocycles. The van der Waals surface area contributed by atoms with Crippen LogP contribution in [-0.2, 0) is 5.60 Å². The van der Waals surface area contributed by atoms with E-state index >= 15 is 0 Å². The minimum Gasteiger partial charge on any atom is -0.492 e. The molecule has 0 bridgehead atoms. The van der Waals surface area contributed by atoms with Crippen molar-refractivity contribution in [2.24, 2.45) is 0 Å². The van der Waals surface area contributed by atoms with Crippen LogP contribution in [0.3, 0.4) is 0 Å². The first-order valence-corrected chi connectivity index (χ1v) is 7.20. The summed E-state index contributed by atoms with van der Waals surface area (Å²) in [6.07, 6.45) is 5.59. The van der Waals surface area contributed by atoms with Crippen LogP contribution in [0.5, 0.6) is 5.75 Å². The number of ether oxygens (including phenoxy) is 1. The number of hydrogen-bond donors (Lipinski definition) is 1. The van der Waals surface area contributed by atoms with Crippen molar-refractivity contribution < 1.29 is 9.84 Å². The lowest BCUT2D eigenvalue weighted by Gasteiger charge is -2.23. The van der Waals surface area contributed by atoms with Crippen LogP contribution >= 0.6 is 0 Å². The molecule has 1 atom stereocenters. The number of aliphatic hydroxyl groups is 1. The Kier molecular flexibility index (Phi) is 5.21. The first kappa shape index (κ1) is 16.1. The highest BCUT2D eigenvalue weighted by molar-refractivity contribution is 5.44. The maximum Gasteiger partial charge on any atom is 0.176 e. The summed E-state index contributed by atoms with van der Waals surface area (Å²) in [6, 6.07) is 16.5. The molecule has 22 heavy (non-hydrogen) atoms. The molecule has 0 aliphatic rings. The largest absolute Gasteiger partial charge is 0.492 e. The summed E-state index contributed by atoms with van der Waals surface area (Å²) in [6.45, 7) is 1.46. The van der Waals surface area contributed by atoms with Gasteiger partial charge in [-0.25, -0.2) is 0 Å². The topological polar surface area (TPSA) is 32.7 Å². The molecule has 0 amide bonds. The second kappa shape index (κ2) is 7.13. The fourth-order valence-electron chi connectivity index (χ4n) is 2.15. The van der Waals surface area contributed by atoms with Crippen LogP contribution in [-0.4, -0.2) is 37.3 Å². The van der Waals surface area contributed by atoms with Crippen molar-refractivity contribution in [1.82, 2.24) is 4.90 Å². The average molecular weight is 295 g/mol. The first-order valence-electron chi connectivity index (χ1n) is 7.20. The Morgan fingerprint density at radius 3 is 2.18 bits per heavy atom. The zero-order valence-electron chi connectivity index (χ0n) is 13.0. The molecule has 114 valence electrons. The molecule has 0 aliphatic carbocycles. The Bertz CT molecular complexity index is 629. The third-order valence-electron chi connectivity index (χ3n) is 3.48. The molecule has 1 N–H and O–H groups in total. The van der Waals surface area contributed by atoms with Gasteiger partial charge in [0.1, 0.15) is 12.4 Å². The average Bonchev–Trinajstić information content (AvgIpc) is 2.55. The van der Waals surface area contributed by atoms with Gasteiger partial charge in [-0.2, -0.15) is 0 Å². The normalized spacial score (nSPS) is 13.4. The first-order chi connectivity index (χ1) is 10.6. The van der Waals surface area contributed by atoms with Crippen LogP contribution in [0.1, 0.15) is 11.1 Å². The molecule has 1 unspecified atom stereocenters. The highest BCUT2D eigenvalue weighted by Gasteiger charge is 2.28. The molecular weight excluding hydrogens is 274 g/mol. The van der Waals surface area contributed by atoms with Crippen LogP contribution in [0.4, 0.5) is 0 Å². The molecule has 3 nitrogen and oxygen atoms in total. The number of hydrogen-bond acceptors (Lipinski definition) is 3. The predicted molar refractivity (Wildman–Crippen MR) is 88.8 cm³/mol. The molecule has 0 heterocycles. The van der Waals surface area contributed by atoms with Crippen molar-refractivity contribution in [3.8, 4) is 18.1 Å². The zero-order chi connectivity index (χ0) is 16.0.